The number of rotatable bonds is 0. The lowest BCUT2D eigenvalue weighted by Gasteiger charge is -2.02. The van der Waals surface area contributed by atoms with Crippen molar-refractivity contribution in [3.63, 3.8) is 0 Å². The quantitative estimate of drug-likeness (QED) is 0.754. The summed E-state index contributed by atoms with van der Waals surface area (Å²) in [5.74, 6) is 0.343. The lowest BCUT2D eigenvalue weighted by molar-refractivity contribution is 0.473. The average molecular weight is 362 g/mol. The van der Waals surface area contributed by atoms with Gasteiger partial charge < -0.3 is 10.2 Å². The number of nitrogens with zero attached hydrogens (tertiary/aromatic N) is 4. The van der Waals surface area contributed by atoms with Crippen LogP contribution in [0.3, 0.4) is 0 Å². The van der Waals surface area contributed by atoms with Crippen LogP contribution in [0.2, 0.25) is 0 Å². The van der Waals surface area contributed by atoms with E-state index >= 15 is 0 Å². The highest BCUT2D eigenvalue weighted by molar-refractivity contribution is 5.92. The molecule has 4 bridgehead atoms. The summed E-state index contributed by atoms with van der Waals surface area (Å²) >= 11 is 0. The van der Waals surface area contributed by atoms with Crippen LogP contribution in [-0.4, -0.2) is 61.3 Å². The van der Waals surface area contributed by atoms with Crippen molar-refractivity contribution in [2.24, 2.45) is 20.0 Å². The van der Waals surface area contributed by atoms with E-state index in [1.165, 1.54) is 0 Å². The maximum atomic E-state index is 10.3. The van der Waals surface area contributed by atoms with Crippen molar-refractivity contribution in [2.75, 3.05) is 26.2 Å². The molecule has 1 heterocycles. The van der Waals surface area contributed by atoms with Crippen molar-refractivity contribution in [1.29, 1.82) is 0 Å². The van der Waals surface area contributed by atoms with Gasteiger partial charge in [-0.05, 0) is 30.7 Å². The molecule has 0 aromatic heterocycles. The van der Waals surface area contributed by atoms with Gasteiger partial charge in [-0.3, -0.25) is 20.0 Å². The molecule has 0 amide bonds. The van der Waals surface area contributed by atoms with Gasteiger partial charge in [0.15, 0.2) is 0 Å². The van der Waals surface area contributed by atoms with Gasteiger partial charge in [-0.25, -0.2) is 0 Å². The van der Waals surface area contributed by atoms with Crippen LogP contribution >= 0.6 is 0 Å². The Morgan fingerprint density at radius 2 is 0.852 bits per heavy atom. The van der Waals surface area contributed by atoms with Crippen molar-refractivity contribution in [3.05, 3.63) is 58.7 Å². The SMILES string of the molecule is Oc1c2cccc1C=NCCN=Cc1cccc(c1O)C=NCCCN=C2. The van der Waals surface area contributed by atoms with Crippen LogP contribution < -0.4 is 0 Å². The van der Waals surface area contributed by atoms with Crippen LogP contribution in [0.25, 0.3) is 0 Å². The van der Waals surface area contributed by atoms with Crippen LogP contribution in [0, 0.1) is 0 Å². The fraction of sp³-hybridized carbons (Fsp3) is 0.238. The molecule has 2 N–H and O–H groups in total. The molecule has 138 valence electrons. The maximum absolute atomic E-state index is 10.3. The number of benzene rings is 2. The number of aromatic hydroxyl groups is 2. The lowest BCUT2D eigenvalue weighted by atomic mass is 10.1. The Bertz CT molecular complexity index is 828. The summed E-state index contributed by atoms with van der Waals surface area (Å²) in [6, 6.07) is 11.0. The summed E-state index contributed by atoms with van der Waals surface area (Å²) in [6.45, 7) is 2.17. The van der Waals surface area contributed by atoms with Crippen molar-refractivity contribution in [2.45, 2.75) is 6.42 Å². The number of para-hydroxylation sites is 2. The minimum Gasteiger partial charge on any atom is -0.507 e. The van der Waals surface area contributed by atoms with E-state index in [0.717, 1.165) is 6.42 Å². The van der Waals surface area contributed by atoms with E-state index in [-0.39, 0.29) is 11.5 Å². The predicted molar refractivity (Wildman–Crippen MR) is 111 cm³/mol. The van der Waals surface area contributed by atoms with E-state index < -0.39 is 0 Å². The number of phenolic OH excluding ortho intramolecular Hbond substituents is 2. The van der Waals surface area contributed by atoms with Gasteiger partial charge in [-0.1, -0.05) is 12.1 Å². The molecule has 0 aliphatic carbocycles. The second kappa shape index (κ2) is 9.43. The molecule has 0 atom stereocenters. The zero-order valence-corrected chi connectivity index (χ0v) is 15.0. The van der Waals surface area contributed by atoms with E-state index in [0.29, 0.717) is 48.4 Å². The van der Waals surface area contributed by atoms with E-state index in [1.807, 2.05) is 24.3 Å². The van der Waals surface area contributed by atoms with E-state index in [2.05, 4.69) is 20.0 Å². The van der Waals surface area contributed by atoms with Crippen molar-refractivity contribution in [1.82, 2.24) is 0 Å². The Labute approximate surface area is 158 Å². The molecule has 0 radical (unpaired) electrons. The summed E-state index contributed by atoms with van der Waals surface area (Å²) < 4.78 is 0. The standard InChI is InChI=1S/C21H22N4O2/c26-20-16-4-1-6-18(20)14-24-10-11-25-15-19-7-2-5-17(21(19)27)13-23-9-3-8-22-12-16/h1-2,4-7,12-15,26-27H,3,8-11H2. The van der Waals surface area contributed by atoms with Crippen molar-refractivity contribution >= 4 is 24.9 Å². The fourth-order valence-corrected chi connectivity index (χ4v) is 2.60. The molecule has 0 saturated carbocycles. The number of fused-ring (bicyclic) bond motifs is 4. The van der Waals surface area contributed by atoms with E-state index in [1.54, 1.807) is 37.0 Å². The zero-order valence-electron chi connectivity index (χ0n) is 15.0. The number of phenols is 2. The molecule has 6 heteroatoms. The Hall–Kier alpha value is -3.28. The molecule has 3 rings (SSSR count). The molecule has 1 aliphatic heterocycles. The Balaban J connectivity index is 1.83. The Morgan fingerprint density at radius 1 is 0.519 bits per heavy atom. The third-order valence-corrected chi connectivity index (χ3v) is 4.05. The first-order valence-electron chi connectivity index (χ1n) is 8.89. The molecule has 6 nitrogen and oxygen atoms in total. The molecule has 0 unspecified atom stereocenters. The third-order valence-electron chi connectivity index (χ3n) is 4.05. The first-order chi connectivity index (χ1) is 13.3. The molecular formula is C21H22N4O2. The third kappa shape index (κ3) is 5.10. The van der Waals surface area contributed by atoms with Gasteiger partial charge in [-0.2, -0.15) is 0 Å². The van der Waals surface area contributed by atoms with Gasteiger partial charge >= 0.3 is 0 Å². The minimum atomic E-state index is 0.172. The number of hydrogen-bond donors (Lipinski definition) is 2. The molecule has 0 fully saturated rings. The summed E-state index contributed by atoms with van der Waals surface area (Å²) in [6.07, 6.45) is 7.40. The number of hydrogen-bond acceptors (Lipinski definition) is 6. The fourth-order valence-electron chi connectivity index (χ4n) is 2.60. The zero-order chi connectivity index (χ0) is 18.9. The largest absolute Gasteiger partial charge is 0.507 e. The van der Waals surface area contributed by atoms with E-state index in [9.17, 15) is 10.2 Å². The summed E-state index contributed by atoms with van der Waals surface area (Å²) in [7, 11) is 0. The second-order valence-corrected chi connectivity index (χ2v) is 6.06. The minimum absolute atomic E-state index is 0.172. The first-order valence-corrected chi connectivity index (χ1v) is 8.89. The van der Waals surface area contributed by atoms with Crippen molar-refractivity contribution < 1.29 is 10.2 Å². The molecule has 2 aromatic rings. The van der Waals surface area contributed by atoms with Gasteiger partial charge in [0.25, 0.3) is 0 Å². The average Bonchev–Trinajstić information content (AvgIpc) is 2.67. The molecule has 27 heavy (non-hydrogen) atoms. The smallest absolute Gasteiger partial charge is 0.133 e. The topological polar surface area (TPSA) is 89.9 Å². The lowest BCUT2D eigenvalue weighted by Crippen LogP contribution is -1.93. The number of aliphatic imine (C=N–C) groups is 4. The second-order valence-electron chi connectivity index (χ2n) is 6.06. The van der Waals surface area contributed by atoms with Crippen LogP contribution in [0.1, 0.15) is 28.7 Å². The Morgan fingerprint density at radius 3 is 1.22 bits per heavy atom. The van der Waals surface area contributed by atoms with E-state index in [4.69, 9.17) is 0 Å². The van der Waals surface area contributed by atoms with Crippen LogP contribution in [0.5, 0.6) is 11.5 Å². The van der Waals surface area contributed by atoms with Gasteiger partial charge in [0, 0.05) is 60.2 Å². The van der Waals surface area contributed by atoms with Gasteiger partial charge in [-0.15, -0.1) is 0 Å². The molecule has 2 aromatic carbocycles. The van der Waals surface area contributed by atoms with Crippen LogP contribution in [0.15, 0.2) is 56.4 Å². The predicted octanol–water partition coefficient (Wildman–Crippen LogP) is 2.88. The Kier molecular flexibility index (Phi) is 6.46. The first kappa shape index (κ1) is 18.5. The molecule has 0 saturated heterocycles. The highest BCUT2D eigenvalue weighted by atomic mass is 16.3. The van der Waals surface area contributed by atoms with Gasteiger partial charge in [0.05, 0.1) is 13.1 Å². The summed E-state index contributed by atoms with van der Waals surface area (Å²) in [5, 5.41) is 20.7. The monoisotopic (exact) mass is 362 g/mol. The molecule has 1 aliphatic rings. The maximum Gasteiger partial charge on any atom is 0.133 e. The van der Waals surface area contributed by atoms with Gasteiger partial charge in [0.1, 0.15) is 11.5 Å². The van der Waals surface area contributed by atoms with Crippen LogP contribution in [-0.2, 0) is 0 Å². The van der Waals surface area contributed by atoms with Gasteiger partial charge in [0.2, 0.25) is 0 Å². The van der Waals surface area contributed by atoms with Crippen molar-refractivity contribution in [3.8, 4) is 11.5 Å². The molecule has 0 spiro atoms. The summed E-state index contributed by atoms with van der Waals surface area (Å²) in [4.78, 5) is 17.3. The summed E-state index contributed by atoms with van der Waals surface area (Å²) in [5.41, 5.74) is 2.63. The van der Waals surface area contributed by atoms with Crippen LogP contribution in [0.4, 0.5) is 0 Å². The highest BCUT2D eigenvalue weighted by Gasteiger charge is 2.04. The normalized spacial score (nSPS) is 15.1. The molecular weight excluding hydrogens is 340 g/mol. The highest BCUT2D eigenvalue weighted by Crippen LogP contribution is 2.20.